The number of ether oxygens (including phenoxy) is 1. The van der Waals surface area contributed by atoms with Crippen molar-refractivity contribution in [2.75, 3.05) is 19.7 Å². The quantitative estimate of drug-likeness (QED) is 0.402. The predicted octanol–water partition coefficient (Wildman–Crippen LogP) is -2.01. The number of nitrogens with one attached hydrogen (secondary N) is 2. The first-order valence-electron chi connectivity index (χ1n) is 7.71. The van der Waals surface area contributed by atoms with Crippen LogP contribution in [0.25, 0.3) is 0 Å². The van der Waals surface area contributed by atoms with E-state index in [2.05, 4.69) is 15.6 Å². The van der Waals surface area contributed by atoms with Crippen molar-refractivity contribution in [2.45, 2.75) is 38.4 Å². The van der Waals surface area contributed by atoms with E-state index in [1.165, 1.54) is 10.9 Å². The normalized spacial score (nSPS) is 26.4. The largest absolute Gasteiger partial charge is 0.394 e. The van der Waals surface area contributed by atoms with E-state index in [0.717, 1.165) is 0 Å². The van der Waals surface area contributed by atoms with Gasteiger partial charge < -0.3 is 30.7 Å². The Morgan fingerprint density at radius 2 is 1.83 bits per heavy atom. The molecule has 2 rings (SSSR count). The number of hydrogen-bond acceptors (Lipinski definition) is 7. The molecule has 1 aliphatic rings. The number of rotatable bonds is 6. The number of aromatic nitrogens is 2. The molecule has 24 heavy (non-hydrogen) atoms. The number of aliphatic hydroxyl groups is 3. The fourth-order valence-corrected chi connectivity index (χ4v) is 2.54. The summed E-state index contributed by atoms with van der Waals surface area (Å²) < 4.78 is 6.60. The molecule has 0 radical (unpaired) electrons. The summed E-state index contributed by atoms with van der Waals surface area (Å²) in [7, 11) is 0. The topological polar surface area (TPSA) is 146 Å². The van der Waals surface area contributed by atoms with Gasteiger partial charge in [0.05, 0.1) is 12.9 Å². The zero-order valence-corrected chi connectivity index (χ0v) is 13.5. The van der Waals surface area contributed by atoms with Crippen LogP contribution < -0.4 is 10.6 Å². The second kappa shape index (κ2) is 7.71. The van der Waals surface area contributed by atoms with Crippen LogP contribution in [0, 0.1) is 0 Å². The number of carbonyl (C=O) groups is 2. The summed E-state index contributed by atoms with van der Waals surface area (Å²) in [6.07, 6.45) is -3.66. The summed E-state index contributed by atoms with van der Waals surface area (Å²) in [5.41, 5.74) is -0.196. The van der Waals surface area contributed by atoms with Crippen molar-refractivity contribution in [1.29, 1.82) is 0 Å². The van der Waals surface area contributed by atoms with Gasteiger partial charge in [-0.3, -0.25) is 14.2 Å². The van der Waals surface area contributed by atoms with Gasteiger partial charge in [-0.05, 0) is 13.8 Å². The molecule has 0 saturated carbocycles. The smallest absolute Gasteiger partial charge is 0.272 e. The van der Waals surface area contributed by atoms with Crippen LogP contribution >= 0.6 is 0 Å². The van der Waals surface area contributed by atoms with Gasteiger partial charge in [-0.15, -0.1) is 0 Å². The van der Waals surface area contributed by atoms with Gasteiger partial charge in [0.15, 0.2) is 11.9 Å². The molecule has 1 saturated heterocycles. The SMILES string of the molecule is CCNC(=O)c1ncn([C@@H]2O[C@H](CO)[C@@H](O)[C@H]2O)c1C(=O)NCC. The molecule has 1 aliphatic heterocycles. The average molecular weight is 342 g/mol. The van der Waals surface area contributed by atoms with E-state index in [4.69, 9.17) is 4.74 Å². The van der Waals surface area contributed by atoms with Gasteiger partial charge in [0.1, 0.15) is 24.0 Å². The number of hydrogen-bond donors (Lipinski definition) is 5. The van der Waals surface area contributed by atoms with Gasteiger partial charge in [0, 0.05) is 13.1 Å². The molecule has 0 spiro atoms. The van der Waals surface area contributed by atoms with Crippen LogP contribution in [-0.2, 0) is 4.74 Å². The van der Waals surface area contributed by atoms with Crippen molar-refractivity contribution in [3.8, 4) is 0 Å². The number of carbonyl (C=O) groups excluding carboxylic acids is 2. The zero-order chi connectivity index (χ0) is 17.9. The van der Waals surface area contributed by atoms with E-state index in [0.29, 0.717) is 13.1 Å². The minimum absolute atomic E-state index is 0.0855. The van der Waals surface area contributed by atoms with Crippen molar-refractivity contribution in [3.63, 3.8) is 0 Å². The molecule has 0 aliphatic carbocycles. The van der Waals surface area contributed by atoms with E-state index in [1.807, 2.05) is 0 Å². The van der Waals surface area contributed by atoms with Crippen molar-refractivity contribution in [3.05, 3.63) is 17.7 Å². The Kier molecular flexibility index (Phi) is 5.89. The highest BCUT2D eigenvalue weighted by molar-refractivity contribution is 6.05. The third-order valence-corrected chi connectivity index (χ3v) is 3.69. The third kappa shape index (κ3) is 3.26. The molecule has 134 valence electrons. The monoisotopic (exact) mass is 342 g/mol. The molecule has 10 nitrogen and oxygen atoms in total. The fourth-order valence-electron chi connectivity index (χ4n) is 2.54. The molecule has 0 unspecified atom stereocenters. The second-order valence-corrected chi connectivity index (χ2v) is 5.30. The number of nitrogens with zero attached hydrogens (tertiary/aromatic N) is 2. The molecule has 5 N–H and O–H groups in total. The van der Waals surface area contributed by atoms with Crippen LogP contribution in [0.4, 0.5) is 0 Å². The van der Waals surface area contributed by atoms with Crippen LogP contribution in [0.2, 0.25) is 0 Å². The second-order valence-electron chi connectivity index (χ2n) is 5.30. The third-order valence-electron chi connectivity index (χ3n) is 3.69. The summed E-state index contributed by atoms with van der Waals surface area (Å²) >= 11 is 0. The van der Waals surface area contributed by atoms with E-state index < -0.39 is 43.0 Å². The Labute approximate surface area is 138 Å². The van der Waals surface area contributed by atoms with E-state index >= 15 is 0 Å². The highest BCUT2D eigenvalue weighted by Crippen LogP contribution is 2.31. The highest BCUT2D eigenvalue weighted by Gasteiger charge is 2.45. The first kappa shape index (κ1) is 18.3. The Hall–Kier alpha value is -2.01. The minimum Gasteiger partial charge on any atom is -0.394 e. The number of amides is 2. The van der Waals surface area contributed by atoms with Crippen LogP contribution in [0.15, 0.2) is 6.33 Å². The summed E-state index contributed by atoms with van der Waals surface area (Å²) in [5, 5.41) is 34.3. The van der Waals surface area contributed by atoms with E-state index in [-0.39, 0.29) is 11.4 Å². The van der Waals surface area contributed by atoms with Gasteiger partial charge in [-0.25, -0.2) is 4.98 Å². The highest BCUT2D eigenvalue weighted by atomic mass is 16.6. The molecule has 1 fully saturated rings. The lowest BCUT2D eigenvalue weighted by atomic mass is 10.1. The lowest BCUT2D eigenvalue weighted by Gasteiger charge is -2.19. The average Bonchev–Trinajstić information content (AvgIpc) is 3.10. The first-order valence-corrected chi connectivity index (χ1v) is 7.71. The van der Waals surface area contributed by atoms with Crippen LogP contribution in [0.1, 0.15) is 41.1 Å². The molecule has 0 aromatic carbocycles. The molecular formula is C14H22N4O6. The lowest BCUT2D eigenvalue weighted by molar-refractivity contribution is -0.0535. The Morgan fingerprint density at radius 1 is 1.21 bits per heavy atom. The van der Waals surface area contributed by atoms with Crippen molar-refractivity contribution in [1.82, 2.24) is 20.2 Å². The Morgan fingerprint density at radius 3 is 2.38 bits per heavy atom. The predicted molar refractivity (Wildman–Crippen MR) is 81.3 cm³/mol. The standard InChI is InChI=1S/C14H22N4O6/c1-3-15-12(22)8-9(13(23)16-4-2)18(6-17-8)14-11(21)10(20)7(5-19)24-14/h6-7,10-11,14,19-21H,3-5H2,1-2H3,(H,15,22)(H,16,23)/t7-,10-,11-,14-/m1/s1. The Bertz CT molecular complexity index is 604. The van der Waals surface area contributed by atoms with Crippen molar-refractivity contribution < 1.29 is 29.6 Å². The van der Waals surface area contributed by atoms with Crippen molar-refractivity contribution >= 4 is 11.8 Å². The number of aliphatic hydroxyl groups excluding tert-OH is 3. The Balaban J connectivity index is 2.43. The van der Waals surface area contributed by atoms with E-state index in [1.54, 1.807) is 13.8 Å². The first-order chi connectivity index (χ1) is 11.5. The molecule has 1 aromatic heterocycles. The van der Waals surface area contributed by atoms with Gasteiger partial charge in [0.2, 0.25) is 0 Å². The number of imidazole rings is 1. The molecule has 2 heterocycles. The van der Waals surface area contributed by atoms with E-state index in [9.17, 15) is 24.9 Å². The summed E-state index contributed by atoms with van der Waals surface area (Å²) in [6, 6.07) is 0. The van der Waals surface area contributed by atoms with Gasteiger partial charge >= 0.3 is 0 Å². The van der Waals surface area contributed by atoms with Crippen LogP contribution in [0.5, 0.6) is 0 Å². The van der Waals surface area contributed by atoms with Gasteiger partial charge in [-0.2, -0.15) is 0 Å². The van der Waals surface area contributed by atoms with Gasteiger partial charge in [-0.1, -0.05) is 0 Å². The lowest BCUT2D eigenvalue weighted by Crippen LogP contribution is -2.35. The van der Waals surface area contributed by atoms with Crippen molar-refractivity contribution in [2.24, 2.45) is 0 Å². The molecule has 2 amide bonds. The molecule has 0 bridgehead atoms. The maximum Gasteiger partial charge on any atom is 0.272 e. The maximum atomic E-state index is 12.4. The molecule has 1 aromatic rings. The summed E-state index contributed by atoms with van der Waals surface area (Å²) in [4.78, 5) is 28.4. The maximum absolute atomic E-state index is 12.4. The summed E-state index contributed by atoms with van der Waals surface area (Å²) in [6.45, 7) is 3.63. The van der Waals surface area contributed by atoms with Crippen LogP contribution in [-0.4, -0.2) is 74.7 Å². The molecule has 4 atom stereocenters. The summed E-state index contributed by atoms with van der Waals surface area (Å²) in [5.74, 6) is -1.10. The van der Waals surface area contributed by atoms with Gasteiger partial charge in [0.25, 0.3) is 11.8 Å². The fraction of sp³-hybridized carbons (Fsp3) is 0.643. The molecular weight excluding hydrogens is 320 g/mol. The molecule has 10 heteroatoms. The zero-order valence-electron chi connectivity index (χ0n) is 13.5. The van der Waals surface area contributed by atoms with Crippen LogP contribution in [0.3, 0.4) is 0 Å². The minimum atomic E-state index is -1.38.